The molecule has 1 aliphatic heterocycles. The Morgan fingerprint density at radius 2 is 2.12 bits per heavy atom. The van der Waals surface area contributed by atoms with Crippen LogP contribution < -0.4 is 5.32 Å². The highest BCUT2D eigenvalue weighted by Crippen LogP contribution is 2.28. The van der Waals surface area contributed by atoms with Crippen molar-refractivity contribution in [3.63, 3.8) is 0 Å². The first-order valence-corrected chi connectivity index (χ1v) is 6.71. The number of hydrogen-bond donors (Lipinski definition) is 1. The minimum atomic E-state index is 0.956. The van der Waals surface area contributed by atoms with Gasteiger partial charge in [-0.1, -0.05) is 12.1 Å². The first kappa shape index (κ1) is 11.3. The van der Waals surface area contributed by atoms with Gasteiger partial charge in [-0.25, -0.2) is 0 Å². The predicted molar refractivity (Wildman–Crippen MR) is 72.1 cm³/mol. The first-order chi connectivity index (χ1) is 8.34. The van der Waals surface area contributed by atoms with Crippen molar-refractivity contribution in [2.45, 2.75) is 6.54 Å². The molecule has 4 heteroatoms. The molecule has 90 valence electrons. The summed E-state index contributed by atoms with van der Waals surface area (Å²) in [5.74, 6) is 0. The van der Waals surface area contributed by atoms with Crippen LogP contribution in [0.5, 0.6) is 0 Å². The molecule has 1 aromatic heterocycles. The monoisotopic (exact) mass is 294 g/mol. The lowest BCUT2D eigenvalue weighted by Gasteiger charge is -2.26. The van der Waals surface area contributed by atoms with Crippen LogP contribution >= 0.6 is 15.9 Å². The van der Waals surface area contributed by atoms with Gasteiger partial charge in [0.25, 0.3) is 0 Å². The zero-order valence-electron chi connectivity index (χ0n) is 9.58. The number of fused-ring (bicyclic) bond motifs is 1. The minimum absolute atomic E-state index is 0.956. The topological polar surface area (TPSA) is 28.4 Å². The van der Waals surface area contributed by atoms with E-state index >= 15 is 0 Å². The third kappa shape index (κ3) is 2.25. The van der Waals surface area contributed by atoms with Crippen LogP contribution in [0.1, 0.15) is 5.56 Å². The Morgan fingerprint density at radius 3 is 2.94 bits per heavy atom. The van der Waals surface area contributed by atoms with E-state index in [4.69, 9.17) is 4.42 Å². The molecule has 1 N–H and O–H groups in total. The van der Waals surface area contributed by atoms with Crippen molar-refractivity contribution < 1.29 is 4.42 Å². The first-order valence-electron chi connectivity index (χ1n) is 5.92. The van der Waals surface area contributed by atoms with E-state index in [-0.39, 0.29) is 0 Å². The van der Waals surface area contributed by atoms with E-state index in [1.54, 1.807) is 0 Å². The zero-order valence-corrected chi connectivity index (χ0v) is 11.2. The molecule has 0 saturated carbocycles. The normalized spacial score (nSPS) is 17.7. The quantitative estimate of drug-likeness (QED) is 0.923. The summed E-state index contributed by atoms with van der Waals surface area (Å²) in [4.78, 5) is 2.46. The van der Waals surface area contributed by atoms with E-state index in [0.717, 1.165) is 42.8 Å². The van der Waals surface area contributed by atoms with Gasteiger partial charge in [0.15, 0.2) is 0 Å². The van der Waals surface area contributed by atoms with Crippen molar-refractivity contribution in [3.8, 4) is 0 Å². The van der Waals surface area contributed by atoms with Crippen LogP contribution in [0.2, 0.25) is 0 Å². The van der Waals surface area contributed by atoms with E-state index in [0.29, 0.717) is 0 Å². The summed E-state index contributed by atoms with van der Waals surface area (Å²) in [5, 5.41) is 4.59. The molecule has 1 aliphatic rings. The fourth-order valence-corrected chi connectivity index (χ4v) is 2.77. The molecule has 17 heavy (non-hydrogen) atoms. The second-order valence-corrected chi connectivity index (χ2v) is 5.26. The van der Waals surface area contributed by atoms with Gasteiger partial charge in [-0.2, -0.15) is 0 Å². The molecule has 1 saturated heterocycles. The fraction of sp³-hybridized carbons (Fsp3) is 0.385. The third-order valence-corrected chi connectivity index (χ3v) is 3.86. The Labute approximate surface area is 109 Å². The summed E-state index contributed by atoms with van der Waals surface area (Å²) in [5.41, 5.74) is 2.24. The van der Waals surface area contributed by atoms with Gasteiger partial charge in [0.2, 0.25) is 0 Å². The number of nitrogens with zero attached hydrogens (tertiary/aromatic N) is 1. The average molecular weight is 295 g/mol. The Bertz CT molecular complexity index is 517. The SMILES string of the molecule is Brc1cccc2c(CN3CCNCC3)coc12. The maximum atomic E-state index is 5.63. The molecule has 0 amide bonds. The Morgan fingerprint density at radius 1 is 1.29 bits per heavy atom. The van der Waals surface area contributed by atoms with Crippen LogP contribution in [0, 0.1) is 0 Å². The molecule has 0 bridgehead atoms. The standard InChI is InChI=1S/C13H15BrN2O/c14-12-3-1-2-11-10(9-17-13(11)12)8-16-6-4-15-5-7-16/h1-3,9,15H,4-8H2. The van der Waals surface area contributed by atoms with Crippen molar-refractivity contribution in [3.05, 3.63) is 34.5 Å². The smallest absolute Gasteiger partial charge is 0.148 e. The van der Waals surface area contributed by atoms with Crippen molar-refractivity contribution >= 4 is 26.9 Å². The maximum Gasteiger partial charge on any atom is 0.148 e. The van der Waals surface area contributed by atoms with Crippen LogP contribution in [0.25, 0.3) is 11.0 Å². The van der Waals surface area contributed by atoms with Crippen LogP contribution in [0.15, 0.2) is 33.4 Å². The number of rotatable bonds is 2. The van der Waals surface area contributed by atoms with E-state index < -0.39 is 0 Å². The van der Waals surface area contributed by atoms with Crippen molar-refractivity contribution in [1.29, 1.82) is 0 Å². The fourth-order valence-electron chi connectivity index (χ4n) is 2.31. The van der Waals surface area contributed by atoms with Gasteiger partial charge >= 0.3 is 0 Å². The lowest BCUT2D eigenvalue weighted by molar-refractivity contribution is 0.233. The highest BCUT2D eigenvalue weighted by atomic mass is 79.9. The molecule has 0 aliphatic carbocycles. The minimum Gasteiger partial charge on any atom is -0.463 e. The molecule has 0 unspecified atom stereocenters. The molecule has 1 fully saturated rings. The van der Waals surface area contributed by atoms with Gasteiger partial charge in [-0.15, -0.1) is 0 Å². The van der Waals surface area contributed by atoms with E-state index in [1.165, 1.54) is 10.9 Å². The Kier molecular flexibility index (Phi) is 3.18. The van der Waals surface area contributed by atoms with Crippen LogP contribution in [-0.2, 0) is 6.54 Å². The molecule has 2 aromatic rings. The van der Waals surface area contributed by atoms with Crippen LogP contribution in [0.3, 0.4) is 0 Å². The van der Waals surface area contributed by atoms with E-state index in [9.17, 15) is 0 Å². The average Bonchev–Trinajstić information content (AvgIpc) is 2.76. The molecule has 0 spiro atoms. The molecule has 2 heterocycles. The van der Waals surface area contributed by atoms with Crippen LogP contribution in [-0.4, -0.2) is 31.1 Å². The van der Waals surface area contributed by atoms with Gasteiger partial charge < -0.3 is 9.73 Å². The predicted octanol–water partition coefficient (Wildman–Crippen LogP) is 2.60. The van der Waals surface area contributed by atoms with Crippen molar-refractivity contribution in [2.24, 2.45) is 0 Å². The summed E-state index contributed by atoms with van der Waals surface area (Å²) >= 11 is 3.52. The molecule has 1 aromatic carbocycles. The maximum absolute atomic E-state index is 5.63. The largest absolute Gasteiger partial charge is 0.463 e. The second kappa shape index (κ2) is 4.80. The number of furan rings is 1. The number of piperazine rings is 1. The highest BCUT2D eigenvalue weighted by Gasteiger charge is 2.14. The lowest BCUT2D eigenvalue weighted by atomic mass is 10.1. The summed E-state index contributed by atoms with van der Waals surface area (Å²) in [6.45, 7) is 5.37. The van der Waals surface area contributed by atoms with E-state index in [1.807, 2.05) is 12.3 Å². The van der Waals surface area contributed by atoms with Gasteiger partial charge in [-0.3, -0.25) is 4.90 Å². The zero-order chi connectivity index (χ0) is 11.7. The molecular weight excluding hydrogens is 280 g/mol. The van der Waals surface area contributed by atoms with Gasteiger partial charge in [-0.05, 0) is 22.0 Å². The summed E-state index contributed by atoms with van der Waals surface area (Å²) in [7, 11) is 0. The Hall–Kier alpha value is -0.840. The number of halogens is 1. The molecule has 0 radical (unpaired) electrons. The third-order valence-electron chi connectivity index (χ3n) is 3.24. The summed E-state index contributed by atoms with van der Waals surface area (Å²) in [6, 6.07) is 6.20. The Balaban J connectivity index is 1.87. The van der Waals surface area contributed by atoms with Gasteiger partial charge in [0.05, 0.1) is 10.7 Å². The molecule has 3 nitrogen and oxygen atoms in total. The number of nitrogens with one attached hydrogen (secondary N) is 1. The number of hydrogen-bond acceptors (Lipinski definition) is 3. The van der Waals surface area contributed by atoms with Gasteiger partial charge in [0, 0.05) is 43.7 Å². The molecular formula is C13H15BrN2O. The van der Waals surface area contributed by atoms with Gasteiger partial charge in [0.1, 0.15) is 5.58 Å². The second-order valence-electron chi connectivity index (χ2n) is 4.40. The number of benzene rings is 1. The van der Waals surface area contributed by atoms with Crippen molar-refractivity contribution in [2.75, 3.05) is 26.2 Å². The van der Waals surface area contributed by atoms with E-state index in [2.05, 4.69) is 38.3 Å². The summed E-state index contributed by atoms with van der Waals surface area (Å²) < 4.78 is 6.66. The number of para-hydroxylation sites is 1. The molecule has 3 rings (SSSR count). The van der Waals surface area contributed by atoms with Crippen LogP contribution in [0.4, 0.5) is 0 Å². The van der Waals surface area contributed by atoms with Crippen molar-refractivity contribution in [1.82, 2.24) is 10.2 Å². The lowest BCUT2D eigenvalue weighted by Crippen LogP contribution is -2.42. The molecule has 0 atom stereocenters. The highest BCUT2D eigenvalue weighted by molar-refractivity contribution is 9.10. The summed E-state index contributed by atoms with van der Waals surface area (Å²) in [6.07, 6.45) is 1.89.